The molecule has 3 aromatic rings. The van der Waals surface area contributed by atoms with Crippen molar-refractivity contribution in [3.63, 3.8) is 0 Å². The second-order valence-corrected chi connectivity index (χ2v) is 12.0. The van der Waals surface area contributed by atoms with Gasteiger partial charge in [-0.3, -0.25) is 4.72 Å². The van der Waals surface area contributed by atoms with Gasteiger partial charge in [0.15, 0.2) is 0 Å². The van der Waals surface area contributed by atoms with Crippen LogP contribution in [-0.4, -0.2) is 39.8 Å². The minimum absolute atomic E-state index is 0.0322. The smallest absolute Gasteiger partial charge is 0.279 e. The third kappa shape index (κ3) is 5.33. The van der Waals surface area contributed by atoms with E-state index in [2.05, 4.69) is 9.82 Å². The molecule has 0 amide bonds. The fourth-order valence-electron chi connectivity index (χ4n) is 3.78. The van der Waals surface area contributed by atoms with Gasteiger partial charge in [-0.15, -0.1) is 0 Å². The number of hydrogen-bond acceptors (Lipinski definition) is 6. The molecule has 1 aliphatic heterocycles. The molecular weight excluding hydrogens is 486 g/mol. The number of sulfonamides is 2. The van der Waals surface area contributed by atoms with Crippen molar-refractivity contribution < 1.29 is 21.6 Å². The van der Waals surface area contributed by atoms with Gasteiger partial charge < -0.3 is 4.74 Å². The molecule has 0 aliphatic carbocycles. The first-order valence-electron chi connectivity index (χ1n) is 11.1. The fourth-order valence-corrected chi connectivity index (χ4v) is 5.86. The number of rotatable bonds is 8. The number of hydrogen-bond donors (Lipinski definition) is 1. The van der Waals surface area contributed by atoms with Gasteiger partial charge in [-0.2, -0.15) is 17.9 Å². The Kier molecular flexibility index (Phi) is 6.86. The fraction of sp³-hybridized carbons (Fsp3) is 0.240. The Bertz CT molecular complexity index is 1450. The molecule has 0 radical (unpaired) electrons. The van der Waals surface area contributed by atoms with Gasteiger partial charge >= 0.3 is 0 Å². The average molecular weight is 514 g/mol. The van der Waals surface area contributed by atoms with Crippen molar-refractivity contribution in [1.82, 2.24) is 4.41 Å². The number of hydrazone groups is 1. The van der Waals surface area contributed by atoms with Gasteiger partial charge in [-0.05, 0) is 61.4 Å². The number of ether oxygens (including phenoxy) is 1. The van der Waals surface area contributed by atoms with Gasteiger partial charge in [0.1, 0.15) is 5.75 Å². The van der Waals surface area contributed by atoms with E-state index >= 15 is 0 Å². The summed E-state index contributed by atoms with van der Waals surface area (Å²) in [5.41, 5.74) is 3.43. The summed E-state index contributed by atoms with van der Waals surface area (Å²) in [7, 11) is -5.77. The summed E-state index contributed by atoms with van der Waals surface area (Å²) >= 11 is 0. The first-order valence-corrected chi connectivity index (χ1v) is 14.2. The van der Waals surface area contributed by atoms with Crippen LogP contribution in [0.25, 0.3) is 0 Å². The highest BCUT2D eigenvalue weighted by Gasteiger charge is 2.37. The molecule has 1 unspecified atom stereocenters. The van der Waals surface area contributed by atoms with Gasteiger partial charge in [-0.1, -0.05) is 42.0 Å². The van der Waals surface area contributed by atoms with Crippen LogP contribution < -0.4 is 9.46 Å². The molecule has 0 fully saturated rings. The zero-order valence-electron chi connectivity index (χ0n) is 19.7. The summed E-state index contributed by atoms with van der Waals surface area (Å²) < 4.78 is 59.9. The van der Waals surface area contributed by atoms with Gasteiger partial charge in [-0.25, -0.2) is 8.42 Å². The number of methoxy groups -OCH3 is 1. The van der Waals surface area contributed by atoms with Crippen LogP contribution in [0.1, 0.15) is 36.1 Å². The Hall–Kier alpha value is -3.37. The number of anilines is 1. The first kappa shape index (κ1) is 24.7. The lowest BCUT2D eigenvalue weighted by Crippen LogP contribution is -2.27. The lowest BCUT2D eigenvalue weighted by Gasteiger charge is -2.23. The van der Waals surface area contributed by atoms with Gasteiger partial charge in [0.2, 0.25) is 10.0 Å². The Balaban J connectivity index is 1.73. The maximum absolute atomic E-state index is 13.6. The second kappa shape index (κ2) is 9.71. The summed E-state index contributed by atoms with van der Waals surface area (Å²) in [5, 5.41) is 4.55. The normalized spacial score (nSPS) is 16.1. The minimum Gasteiger partial charge on any atom is -0.497 e. The van der Waals surface area contributed by atoms with E-state index in [1.165, 1.54) is 0 Å². The van der Waals surface area contributed by atoms with Crippen LogP contribution >= 0.6 is 0 Å². The second-order valence-electron chi connectivity index (χ2n) is 8.22. The van der Waals surface area contributed by atoms with Crippen LogP contribution in [0.15, 0.2) is 82.8 Å². The summed E-state index contributed by atoms with van der Waals surface area (Å²) in [4.78, 5) is 0.158. The van der Waals surface area contributed by atoms with E-state index in [4.69, 9.17) is 4.74 Å². The molecule has 10 heteroatoms. The summed E-state index contributed by atoms with van der Waals surface area (Å²) in [6.07, 6.45) is 0.346. The Morgan fingerprint density at radius 3 is 2.31 bits per heavy atom. The standard InChI is InChI=1S/C25H27N3O5S2/c1-4-34(29,30)27-21-12-10-19(11-13-21)24-17-25(20-6-5-7-22(16-20)33-3)28(26-24)35(31,32)23-14-8-18(2)9-15-23/h5-16,25,27H,4,17H2,1-3H3. The third-order valence-electron chi connectivity index (χ3n) is 5.79. The molecule has 3 aromatic carbocycles. The van der Waals surface area contributed by atoms with E-state index in [0.29, 0.717) is 29.1 Å². The number of aryl methyl sites for hydroxylation is 1. The molecule has 184 valence electrons. The molecule has 0 bridgehead atoms. The molecule has 0 saturated heterocycles. The Labute approximate surface area is 206 Å². The number of nitrogens with one attached hydrogen (secondary N) is 1. The maximum Gasteiger partial charge on any atom is 0.279 e. The highest BCUT2D eigenvalue weighted by Crippen LogP contribution is 2.38. The molecular formula is C25H27N3O5S2. The highest BCUT2D eigenvalue weighted by molar-refractivity contribution is 7.92. The van der Waals surface area contributed by atoms with Crippen LogP contribution in [0, 0.1) is 6.92 Å². The van der Waals surface area contributed by atoms with Crippen molar-refractivity contribution in [1.29, 1.82) is 0 Å². The molecule has 0 saturated carbocycles. The largest absolute Gasteiger partial charge is 0.497 e. The van der Waals surface area contributed by atoms with Crippen LogP contribution in [0.5, 0.6) is 5.75 Å². The van der Waals surface area contributed by atoms with Crippen molar-refractivity contribution >= 4 is 31.4 Å². The summed E-state index contributed by atoms with van der Waals surface area (Å²) in [6, 6.07) is 20.1. The van der Waals surface area contributed by atoms with Crippen LogP contribution in [0.4, 0.5) is 5.69 Å². The average Bonchev–Trinajstić information content (AvgIpc) is 3.31. The topological polar surface area (TPSA) is 105 Å². The Morgan fingerprint density at radius 1 is 1.00 bits per heavy atom. The van der Waals surface area contributed by atoms with Crippen molar-refractivity contribution in [2.75, 3.05) is 17.6 Å². The Morgan fingerprint density at radius 2 is 1.69 bits per heavy atom. The molecule has 4 rings (SSSR count). The predicted octanol–water partition coefficient (Wildman–Crippen LogP) is 4.31. The molecule has 1 aliphatic rings. The van der Waals surface area contributed by atoms with Crippen LogP contribution in [0.3, 0.4) is 0 Å². The molecule has 1 N–H and O–H groups in total. The molecule has 1 heterocycles. The molecule has 0 spiro atoms. The molecule has 35 heavy (non-hydrogen) atoms. The zero-order chi connectivity index (χ0) is 25.2. The lowest BCUT2D eigenvalue weighted by molar-refractivity contribution is 0.368. The lowest BCUT2D eigenvalue weighted by atomic mass is 9.99. The van der Waals surface area contributed by atoms with Crippen LogP contribution in [0.2, 0.25) is 0 Å². The van der Waals surface area contributed by atoms with Gasteiger partial charge in [0.05, 0.1) is 29.5 Å². The maximum atomic E-state index is 13.6. The summed E-state index contributed by atoms with van der Waals surface area (Å²) in [5.74, 6) is 0.589. The van der Waals surface area contributed by atoms with E-state index < -0.39 is 26.1 Å². The third-order valence-corrected chi connectivity index (χ3v) is 8.79. The van der Waals surface area contributed by atoms with Crippen molar-refractivity contribution in [3.05, 3.63) is 89.5 Å². The van der Waals surface area contributed by atoms with Crippen LogP contribution in [-0.2, 0) is 20.0 Å². The number of benzene rings is 3. The van der Waals surface area contributed by atoms with E-state index in [9.17, 15) is 16.8 Å². The van der Waals surface area contributed by atoms with E-state index in [0.717, 1.165) is 15.5 Å². The van der Waals surface area contributed by atoms with Gasteiger partial charge in [0, 0.05) is 12.1 Å². The number of nitrogens with zero attached hydrogens (tertiary/aromatic N) is 2. The van der Waals surface area contributed by atoms with E-state index in [1.54, 1.807) is 68.6 Å². The molecule has 8 nitrogen and oxygen atoms in total. The van der Waals surface area contributed by atoms with Crippen molar-refractivity contribution in [3.8, 4) is 5.75 Å². The SMILES string of the molecule is CCS(=O)(=O)Nc1ccc(C2=NN(S(=O)(=O)c3ccc(C)cc3)C(c3cccc(OC)c3)C2)cc1. The summed E-state index contributed by atoms with van der Waals surface area (Å²) in [6.45, 7) is 3.46. The first-order chi connectivity index (χ1) is 16.6. The van der Waals surface area contributed by atoms with E-state index in [-0.39, 0.29) is 10.6 Å². The van der Waals surface area contributed by atoms with Gasteiger partial charge in [0.25, 0.3) is 10.0 Å². The van der Waals surface area contributed by atoms with Crippen molar-refractivity contribution in [2.45, 2.75) is 31.2 Å². The minimum atomic E-state index is -3.94. The monoisotopic (exact) mass is 513 g/mol. The van der Waals surface area contributed by atoms with Crippen molar-refractivity contribution in [2.24, 2.45) is 5.10 Å². The zero-order valence-corrected chi connectivity index (χ0v) is 21.3. The predicted molar refractivity (Wildman–Crippen MR) is 137 cm³/mol. The highest BCUT2D eigenvalue weighted by atomic mass is 32.2. The molecule has 0 aromatic heterocycles. The van der Waals surface area contributed by atoms with E-state index in [1.807, 2.05) is 25.1 Å². The molecule has 1 atom stereocenters. The quantitative estimate of drug-likeness (QED) is 0.483.